The van der Waals surface area contributed by atoms with Crippen LogP contribution in [-0.4, -0.2) is 25.1 Å². The van der Waals surface area contributed by atoms with E-state index in [2.05, 4.69) is 34.7 Å². The van der Waals surface area contributed by atoms with E-state index in [0.29, 0.717) is 17.2 Å². The summed E-state index contributed by atoms with van der Waals surface area (Å²) >= 11 is 0. The molecule has 0 saturated carbocycles. The molecule has 6 heteroatoms. The highest BCUT2D eigenvalue weighted by Crippen LogP contribution is 2.27. The highest BCUT2D eigenvalue weighted by atomic mass is 16.5. The number of benzene rings is 2. The van der Waals surface area contributed by atoms with Gasteiger partial charge in [-0.1, -0.05) is 36.4 Å². The molecule has 0 bridgehead atoms. The maximum atomic E-state index is 12.4. The Kier molecular flexibility index (Phi) is 6.68. The lowest BCUT2D eigenvalue weighted by Crippen LogP contribution is -2.15. The van der Waals surface area contributed by atoms with E-state index in [4.69, 9.17) is 9.47 Å². The molecule has 6 nitrogen and oxygen atoms in total. The molecule has 0 aliphatic rings. The van der Waals surface area contributed by atoms with Gasteiger partial charge in [0.1, 0.15) is 5.82 Å². The Hall–Kier alpha value is -3.54. The minimum Gasteiger partial charge on any atom is -0.493 e. The van der Waals surface area contributed by atoms with Gasteiger partial charge in [0.2, 0.25) is 5.91 Å². The van der Waals surface area contributed by atoms with Crippen molar-refractivity contribution in [2.24, 2.45) is 0 Å². The van der Waals surface area contributed by atoms with Crippen LogP contribution in [0.2, 0.25) is 0 Å². The van der Waals surface area contributed by atoms with Crippen LogP contribution in [0.5, 0.6) is 11.5 Å². The number of carbonyl (C=O) groups is 1. The van der Waals surface area contributed by atoms with Crippen LogP contribution in [0.25, 0.3) is 0 Å². The van der Waals surface area contributed by atoms with Crippen molar-refractivity contribution in [1.82, 2.24) is 4.98 Å². The first kappa shape index (κ1) is 20.2. The quantitative estimate of drug-likeness (QED) is 0.593. The summed E-state index contributed by atoms with van der Waals surface area (Å²) in [6.45, 7) is 2.08. The minimum atomic E-state index is -0.127. The largest absolute Gasteiger partial charge is 0.493 e. The SMILES string of the molecule is COc1ccc(CC(=O)Nc2ccc(NC(C)c3ccccc3)nc2)cc1OC. The van der Waals surface area contributed by atoms with E-state index < -0.39 is 0 Å². The topological polar surface area (TPSA) is 72.5 Å². The van der Waals surface area contributed by atoms with Gasteiger partial charge in [0.25, 0.3) is 0 Å². The van der Waals surface area contributed by atoms with Gasteiger partial charge in [0.05, 0.1) is 32.5 Å². The van der Waals surface area contributed by atoms with Crippen LogP contribution in [0, 0.1) is 0 Å². The molecule has 0 radical (unpaired) electrons. The summed E-state index contributed by atoms with van der Waals surface area (Å²) in [6, 6.07) is 19.4. The summed E-state index contributed by atoms with van der Waals surface area (Å²) in [4.78, 5) is 16.7. The van der Waals surface area contributed by atoms with Crippen LogP contribution >= 0.6 is 0 Å². The van der Waals surface area contributed by atoms with E-state index >= 15 is 0 Å². The van der Waals surface area contributed by atoms with Gasteiger partial charge >= 0.3 is 0 Å². The van der Waals surface area contributed by atoms with Crippen LogP contribution in [0.15, 0.2) is 66.9 Å². The first-order valence-electron chi connectivity index (χ1n) is 9.37. The van der Waals surface area contributed by atoms with Crippen molar-refractivity contribution in [3.05, 3.63) is 78.0 Å². The lowest BCUT2D eigenvalue weighted by atomic mass is 10.1. The number of hydrogen-bond donors (Lipinski definition) is 2. The highest BCUT2D eigenvalue weighted by molar-refractivity contribution is 5.92. The van der Waals surface area contributed by atoms with E-state index in [0.717, 1.165) is 11.4 Å². The number of pyridine rings is 1. The lowest BCUT2D eigenvalue weighted by molar-refractivity contribution is -0.115. The number of nitrogens with zero attached hydrogens (tertiary/aromatic N) is 1. The second-order valence-electron chi connectivity index (χ2n) is 6.62. The Labute approximate surface area is 170 Å². The fourth-order valence-electron chi connectivity index (χ4n) is 2.98. The Balaban J connectivity index is 1.57. The average Bonchev–Trinajstić information content (AvgIpc) is 2.75. The third-order valence-corrected chi connectivity index (χ3v) is 4.52. The van der Waals surface area contributed by atoms with Crippen molar-refractivity contribution in [1.29, 1.82) is 0 Å². The molecule has 1 heterocycles. The molecule has 1 atom stereocenters. The molecule has 2 N–H and O–H groups in total. The zero-order chi connectivity index (χ0) is 20.6. The van der Waals surface area contributed by atoms with Gasteiger partial charge in [-0.25, -0.2) is 4.98 Å². The predicted octanol–water partition coefficient (Wildman–Crippen LogP) is 4.45. The molecule has 3 aromatic rings. The normalized spacial score (nSPS) is 11.4. The van der Waals surface area contributed by atoms with Crippen LogP contribution in [0.3, 0.4) is 0 Å². The minimum absolute atomic E-state index is 0.127. The molecule has 3 rings (SSSR count). The van der Waals surface area contributed by atoms with Crippen molar-refractivity contribution in [2.45, 2.75) is 19.4 Å². The van der Waals surface area contributed by atoms with E-state index in [1.165, 1.54) is 5.56 Å². The third-order valence-electron chi connectivity index (χ3n) is 4.52. The van der Waals surface area contributed by atoms with Crippen molar-refractivity contribution in [3.63, 3.8) is 0 Å². The summed E-state index contributed by atoms with van der Waals surface area (Å²) in [5.41, 5.74) is 2.66. The van der Waals surface area contributed by atoms with Gasteiger partial charge in [-0.3, -0.25) is 4.79 Å². The molecule has 150 valence electrons. The number of rotatable bonds is 8. The summed E-state index contributed by atoms with van der Waals surface area (Å²) in [6.07, 6.45) is 1.87. The number of anilines is 2. The zero-order valence-electron chi connectivity index (χ0n) is 16.8. The van der Waals surface area contributed by atoms with E-state index in [9.17, 15) is 4.79 Å². The molecule has 0 aliphatic carbocycles. The molecule has 1 aromatic heterocycles. The zero-order valence-corrected chi connectivity index (χ0v) is 16.8. The molecule has 0 saturated heterocycles. The van der Waals surface area contributed by atoms with Gasteiger partial charge in [-0.15, -0.1) is 0 Å². The molecule has 1 unspecified atom stereocenters. The molecule has 0 fully saturated rings. The standard InChI is InChI=1S/C23H25N3O3/c1-16(18-7-5-4-6-8-18)25-22-12-10-19(15-24-22)26-23(27)14-17-9-11-20(28-2)21(13-17)29-3/h4-13,15-16H,14H2,1-3H3,(H,24,25)(H,26,27). The molecule has 1 amide bonds. The van der Waals surface area contributed by atoms with Crippen molar-refractivity contribution >= 4 is 17.4 Å². The molecule has 0 spiro atoms. The monoisotopic (exact) mass is 391 g/mol. The van der Waals surface area contributed by atoms with Gasteiger partial charge in [0, 0.05) is 6.04 Å². The Morgan fingerprint density at radius 3 is 2.41 bits per heavy atom. The second kappa shape index (κ2) is 9.59. The van der Waals surface area contributed by atoms with Crippen LogP contribution in [-0.2, 0) is 11.2 Å². The number of amides is 1. The molecule has 2 aromatic carbocycles. The van der Waals surface area contributed by atoms with Gasteiger partial charge in [-0.2, -0.15) is 0 Å². The second-order valence-corrected chi connectivity index (χ2v) is 6.62. The van der Waals surface area contributed by atoms with Crippen LogP contribution < -0.4 is 20.1 Å². The fraction of sp³-hybridized carbons (Fsp3) is 0.217. The number of hydrogen-bond acceptors (Lipinski definition) is 5. The predicted molar refractivity (Wildman–Crippen MR) is 115 cm³/mol. The summed E-state index contributed by atoms with van der Waals surface area (Å²) in [7, 11) is 3.15. The lowest BCUT2D eigenvalue weighted by Gasteiger charge is -2.15. The number of aromatic nitrogens is 1. The van der Waals surface area contributed by atoms with E-state index in [1.54, 1.807) is 32.5 Å². The van der Waals surface area contributed by atoms with Gasteiger partial charge in [-0.05, 0) is 42.3 Å². The van der Waals surface area contributed by atoms with E-state index in [-0.39, 0.29) is 18.4 Å². The Morgan fingerprint density at radius 1 is 1.00 bits per heavy atom. The average molecular weight is 391 g/mol. The maximum Gasteiger partial charge on any atom is 0.228 e. The van der Waals surface area contributed by atoms with Gasteiger partial charge < -0.3 is 20.1 Å². The Morgan fingerprint density at radius 2 is 1.76 bits per heavy atom. The first-order valence-corrected chi connectivity index (χ1v) is 9.37. The summed E-state index contributed by atoms with van der Waals surface area (Å²) < 4.78 is 10.5. The summed E-state index contributed by atoms with van der Waals surface area (Å²) in [5.74, 6) is 1.85. The van der Waals surface area contributed by atoms with E-state index in [1.807, 2.05) is 36.4 Å². The number of nitrogens with one attached hydrogen (secondary N) is 2. The molecular formula is C23H25N3O3. The van der Waals surface area contributed by atoms with Crippen molar-refractivity contribution in [2.75, 3.05) is 24.9 Å². The summed E-state index contributed by atoms with van der Waals surface area (Å²) in [5, 5.41) is 6.22. The Bertz CT molecular complexity index is 943. The van der Waals surface area contributed by atoms with Gasteiger partial charge in [0.15, 0.2) is 11.5 Å². The molecular weight excluding hydrogens is 366 g/mol. The van der Waals surface area contributed by atoms with Crippen molar-refractivity contribution in [3.8, 4) is 11.5 Å². The molecule has 29 heavy (non-hydrogen) atoms. The van der Waals surface area contributed by atoms with Crippen LogP contribution in [0.4, 0.5) is 11.5 Å². The molecule has 0 aliphatic heterocycles. The van der Waals surface area contributed by atoms with Crippen molar-refractivity contribution < 1.29 is 14.3 Å². The fourth-order valence-corrected chi connectivity index (χ4v) is 2.98. The number of ether oxygens (including phenoxy) is 2. The highest BCUT2D eigenvalue weighted by Gasteiger charge is 2.10. The third kappa shape index (κ3) is 5.48. The van der Waals surface area contributed by atoms with Crippen LogP contribution in [0.1, 0.15) is 24.1 Å². The maximum absolute atomic E-state index is 12.4. The number of carbonyl (C=O) groups excluding carboxylic acids is 1. The first-order chi connectivity index (χ1) is 14.1. The smallest absolute Gasteiger partial charge is 0.228 e. The number of methoxy groups -OCH3 is 2.